The standard InChI is InChI=1S/C27H34N4O3S3/c1-4-13-31-24(19-14-35-20-11-7-5-9-17(19)20)29-30-27(31)36-15-22(32)28-25-23(26(33)34-16(2)3)18-10-6-8-12-21(18)37-25/h14,16H,4-13,15H2,1-3H3,(H,28,32). The van der Waals surface area contributed by atoms with Gasteiger partial charge in [0.05, 0.1) is 17.4 Å². The lowest BCUT2D eigenvalue weighted by Gasteiger charge is -2.14. The first-order chi connectivity index (χ1) is 18.0. The molecule has 0 aliphatic heterocycles. The van der Waals surface area contributed by atoms with Crippen molar-refractivity contribution in [2.45, 2.75) is 96.4 Å². The zero-order chi connectivity index (χ0) is 25.9. The summed E-state index contributed by atoms with van der Waals surface area (Å²) >= 11 is 4.75. The number of aromatic nitrogens is 3. The zero-order valence-corrected chi connectivity index (χ0v) is 24.2. The van der Waals surface area contributed by atoms with Gasteiger partial charge in [-0.3, -0.25) is 4.79 Å². The number of anilines is 1. The van der Waals surface area contributed by atoms with Crippen molar-refractivity contribution >= 4 is 51.3 Å². The van der Waals surface area contributed by atoms with Crippen LogP contribution < -0.4 is 5.32 Å². The van der Waals surface area contributed by atoms with Crippen LogP contribution in [0.5, 0.6) is 0 Å². The number of nitrogens with one attached hydrogen (secondary N) is 1. The number of hydrogen-bond acceptors (Lipinski definition) is 8. The third-order valence-electron chi connectivity index (χ3n) is 6.77. The Labute approximate surface area is 230 Å². The van der Waals surface area contributed by atoms with Crippen molar-refractivity contribution in [1.29, 1.82) is 0 Å². The highest BCUT2D eigenvalue weighted by Crippen LogP contribution is 2.39. The van der Waals surface area contributed by atoms with Crippen LogP contribution in [0.2, 0.25) is 0 Å². The fourth-order valence-corrected chi connectivity index (χ4v) is 8.32. The molecule has 3 aromatic rings. The van der Waals surface area contributed by atoms with Crippen LogP contribution in [0.1, 0.15) is 84.1 Å². The number of fused-ring (bicyclic) bond motifs is 2. The van der Waals surface area contributed by atoms with E-state index < -0.39 is 0 Å². The van der Waals surface area contributed by atoms with Gasteiger partial charge >= 0.3 is 5.97 Å². The number of thiophene rings is 2. The molecule has 1 N–H and O–H groups in total. The molecule has 37 heavy (non-hydrogen) atoms. The van der Waals surface area contributed by atoms with E-state index in [2.05, 4.69) is 32.4 Å². The minimum absolute atomic E-state index is 0.150. The van der Waals surface area contributed by atoms with Gasteiger partial charge in [-0.1, -0.05) is 18.7 Å². The van der Waals surface area contributed by atoms with Crippen molar-refractivity contribution in [3.8, 4) is 11.4 Å². The predicted octanol–water partition coefficient (Wildman–Crippen LogP) is 6.53. The number of nitrogens with zero attached hydrogens (tertiary/aromatic N) is 3. The molecule has 0 radical (unpaired) electrons. The summed E-state index contributed by atoms with van der Waals surface area (Å²) in [4.78, 5) is 28.6. The van der Waals surface area contributed by atoms with E-state index in [1.54, 1.807) is 0 Å². The molecule has 0 unspecified atom stereocenters. The smallest absolute Gasteiger partial charge is 0.341 e. The average Bonchev–Trinajstić information content (AvgIpc) is 3.57. The molecule has 2 aliphatic rings. The topological polar surface area (TPSA) is 86.1 Å². The molecule has 3 heterocycles. The predicted molar refractivity (Wildman–Crippen MR) is 151 cm³/mol. The van der Waals surface area contributed by atoms with Crippen molar-refractivity contribution in [1.82, 2.24) is 14.8 Å². The summed E-state index contributed by atoms with van der Waals surface area (Å²) in [6, 6.07) is 0. The molecule has 0 atom stereocenters. The molecular formula is C27H34N4O3S3. The Bertz CT molecular complexity index is 1290. The minimum atomic E-state index is -0.344. The molecule has 198 valence electrons. The zero-order valence-electron chi connectivity index (χ0n) is 21.7. The number of ether oxygens (including phenoxy) is 1. The van der Waals surface area contributed by atoms with Gasteiger partial charge in [0.1, 0.15) is 5.00 Å². The first-order valence-electron chi connectivity index (χ1n) is 13.3. The molecule has 10 heteroatoms. The SMILES string of the molecule is CCCn1c(SCC(=O)Nc2sc3c(c2C(=O)OC(C)C)CCCC3)nnc1-c1csc2c1CCCC2. The normalized spacial score (nSPS) is 14.9. The van der Waals surface area contributed by atoms with Crippen LogP contribution in [0, 0.1) is 0 Å². The second-order valence-electron chi connectivity index (χ2n) is 9.92. The molecule has 0 bridgehead atoms. The van der Waals surface area contributed by atoms with E-state index in [1.807, 2.05) is 25.2 Å². The van der Waals surface area contributed by atoms with Gasteiger partial charge in [0, 0.05) is 27.2 Å². The van der Waals surface area contributed by atoms with Crippen molar-refractivity contribution in [2.75, 3.05) is 11.1 Å². The Morgan fingerprint density at radius 2 is 1.81 bits per heavy atom. The maximum Gasteiger partial charge on any atom is 0.341 e. The van der Waals surface area contributed by atoms with Crippen molar-refractivity contribution in [3.63, 3.8) is 0 Å². The average molecular weight is 559 g/mol. The number of carbonyl (C=O) groups excluding carboxylic acids is 2. The number of carbonyl (C=O) groups is 2. The molecule has 0 saturated carbocycles. The monoisotopic (exact) mass is 558 g/mol. The number of aryl methyl sites for hydroxylation is 2. The summed E-state index contributed by atoms with van der Waals surface area (Å²) in [5.41, 5.74) is 4.23. The Hall–Kier alpha value is -2.17. The molecular weight excluding hydrogens is 525 g/mol. The molecule has 0 saturated heterocycles. The highest BCUT2D eigenvalue weighted by atomic mass is 32.2. The van der Waals surface area contributed by atoms with Crippen LogP contribution in [0.4, 0.5) is 5.00 Å². The van der Waals surface area contributed by atoms with E-state index in [0.717, 1.165) is 68.0 Å². The van der Waals surface area contributed by atoms with Gasteiger partial charge in [-0.15, -0.1) is 32.9 Å². The molecule has 7 nitrogen and oxygen atoms in total. The van der Waals surface area contributed by atoms with Gasteiger partial charge in [0.25, 0.3) is 0 Å². The Kier molecular flexibility index (Phi) is 8.36. The Morgan fingerprint density at radius 3 is 2.57 bits per heavy atom. The number of rotatable bonds is 9. The summed E-state index contributed by atoms with van der Waals surface area (Å²) in [5.74, 6) is 0.616. The summed E-state index contributed by atoms with van der Waals surface area (Å²) in [5, 5.41) is 15.7. The second-order valence-corrected chi connectivity index (χ2v) is 12.9. The van der Waals surface area contributed by atoms with E-state index in [-0.39, 0.29) is 23.7 Å². The van der Waals surface area contributed by atoms with Gasteiger partial charge in [-0.25, -0.2) is 4.79 Å². The van der Waals surface area contributed by atoms with Crippen molar-refractivity contribution in [3.05, 3.63) is 31.8 Å². The highest BCUT2D eigenvalue weighted by Gasteiger charge is 2.28. The van der Waals surface area contributed by atoms with Crippen LogP contribution in [-0.4, -0.2) is 38.5 Å². The minimum Gasteiger partial charge on any atom is -0.459 e. The maximum atomic E-state index is 13.1. The molecule has 1 amide bonds. The third kappa shape index (κ3) is 5.66. The quantitative estimate of drug-likeness (QED) is 0.237. The Morgan fingerprint density at radius 1 is 1.08 bits per heavy atom. The maximum absolute atomic E-state index is 13.1. The van der Waals surface area contributed by atoms with Crippen molar-refractivity contribution < 1.29 is 14.3 Å². The van der Waals surface area contributed by atoms with Crippen molar-refractivity contribution in [2.24, 2.45) is 0 Å². The van der Waals surface area contributed by atoms with Crippen LogP contribution in [0.15, 0.2) is 10.5 Å². The van der Waals surface area contributed by atoms with Crippen LogP contribution in [-0.2, 0) is 41.8 Å². The van der Waals surface area contributed by atoms with E-state index in [1.165, 1.54) is 56.8 Å². The molecule has 3 aromatic heterocycles. The highest BCUT2D eigenvalue weighted by molar-refractivity contribution is 7.99. The lowest BCUT2D eigenvalue weighted by atomic mass is 9.95. The number of amides is 1. The lowest BCUT2D eigenvalue weighted by Crippen LogP contribution is -2.19. The van der Waals surface area contributed by atoms with Crippen LogP contribution in [0.3, 0.4) is 0 Å². The van der Waals surface area contributed by atoms with E-state index in [4.69, 9.17) is 4.74 Å². The summed E-state index contributed by atoms with van der Waals surface area (Å²) < 4.78 is 7.68. The van der Waals surface area contributed by atoms with E-state index in [9.17, 15) is 9.59 Å². The van der Waals surface area contributed by atoms with Crippen LogP contribution in [0.25, 0.3) is 11.4 Å². The first kappa shape index (κ1) is 26.4. The molecule has 5 rings (SSSR count). The summed E-state index contributed by atoms with van der Waals surface area (Å²) in [6.07, 6.45) is 9.45. The van der Waals surface area contributed by atoms with E-state index >= 15 is 0 Å². The fraction of sp³-hybridized carbons (Fsp3) is 0.556. The Balaban J connectivity index is 1.32. The largest absolute Gasteiger partial charge is 0.459 e. The summed E-state index contributed by atoms with van der Waals surface area (Å²) in [6.45, 7) is 6.64. The molecule has 0 aromatic carbocycles. The first-order valence-corrected chi connectivity index (χ1v) is 15.9. The van der Waals surface area contributed by atoms with Gasteiger partial charge in [-0.05, 0) is 82.8 Å². The number of esters is 1. The molecule has 2 aliphatic carbocycles. The summed E-state index contributed by atoms with van der Waals surface area (Å²) in [7, 11) is 0. The van der Waals surface area contributed by atoms with Gasteiger partial charge in [0.15, 0.2) is 11.0 Å². The van der Waals surface area contributed by atoms with E-state index in [0.29, 0.717) is 10.6 Å². The third-order valence-corrected chi connectivity index (χ3v) is 10.0. The van der Waals surface area contributed by atoms with Gasteiger partial charge < -0.3 is 14.6 Å². The molecule has 0 spiro atoms. The number of thioether (sulfide) groups is 1. The van der Waals surface area contributed by atoms with Gasteiger partial charge in [-0.2, -0.15) is 0 Å². The molecule has 0 fully saturated rings. The number of hydrogen-bond donors (Lipinski definition) is 1. The van der Waals surface area contributed by atoms with Gasteiger partial charge in [0.2, 0.25) is 5.91 Å². The van der Waals surface area contributed by atoms with Crippen LogP contribution >= 0.6 is 34.4 Å². The fourth-order valence-electron chi connectivity index (χ4n) is 5.14. The lowest BCUT2D eigenvalue weighted by molar-refractivity contribution is -0.113. The second kappa shape index (κ2) is 11.7.